The number of hydrogen-bond donors (Lipinski definition) is 1. The van der Waals surface area contributed by atoms with Crippen molar-refractivity contribution in [1.29, 1.82) is 0 Å². The average Bonchev–Trinajstić information content (AvgIpc) is 2.51. The van der Waals surface area contributed by atoms with E-state index in [0.717, 1.165) is 11.1 Å². The van der Waals surface area contributed by atoms with E-state index in [-0.39, 0.29) is 17.6 Å². The molecule has 1 N–H and O–H groups in total. The molecule has 2 aromatic carbocycles. The van der Waals surface area contributed by atoms with E-state index in [0.29, 0.717) is 11.5 Å². The first-order valence-corrected chi connectivity index (χ1v) is 7.13. The molecule has 0 spiro atoms. The first-order chi connectivity index (χ1) is 10.4. The summed E-state index contributed by atoms with van der Waals surface area (Å²) in [5.41, 5.74) is 1.04. The molecule has 0 fully saturated rings. The molecule has 1 heterocycles. The van der Waals surface area contributed by atoms with Crippen LogP contribution in [0.3, 0.4) is 0 Å². The second-order valence-electron chi connectivity index (χ2n) is 6.01. The van der Waals surface area contributed by atoms with Crippen molar-refractivity contribution in [1.82, 2.24) is 0 Å². The molecule has 0 aliphatic carbocycles. The second-order valence-corrected chi connectivity index (χ2v) is 6.01. The molecule has 1 unspecified atom stereocenters. The Labute approximate surface area is 129 Å². The molecular formula is C18H18O4. The number of carbonyl (C=O) groups is 1. The van der Waals surface area contributed by atoms with Crippen LogP contribution in [0.25, 0.3) is 0 Å². The highest BCUT2D eigenvalue weighted by Gasteiger charge is 2.44. The van der Waals surface area contributed by atoms with Crippen molar-refractivity contribution in [3.63, 3.8) is 0 Å². The van der Waals surface area contributed by atoms with Gasteiger partial charge in [-0.1, -0.05) is 24.3 Å². The zero-order valence-electron chi connectivity index (χ0n) is 12.8. The van der Waals surface area contributed by atoms with Gasteiger partial charge >= 0.3 is 5.97 Å². The van der Waals surface area contributed by atoms with Crippen LogP contribution in [0, 0.1) is 5.41 Å². The Bertz CT molecular complexity index is 734. The fourth-order valence-electron chi connectivity index (χ4n) is 3.11. The van der Waals surface area contributed by atoms with Crippen molar-refractivity contribution in [3.8, 4) is 17.2 Å². The number of hydrogen-bond acceptors (Lipinski definition) is 4. The van der Waals surface area contributed by atoms with Gasteiger partial charge in [-0.25, -0.2) is 0 Å². The molecule has 1 aliphatic rings. The molecule has 22 heavy (non-hydrogen) atoms. The lowest BCUT2D eigenvalue weighted by atomic mass is 9.70. The van der Waals surface area contributed by atoms with Crippen molar-refractivity contribution in [2.45, 2.75) is 19.8 Å². The maximum absolute atomic E-state index is 12.3. The van der Waals surface area contributed by atoms with Crippen molar-refractivity contribution in [2.75, 3.05) is 7.11 Å². The molecule has 3 rings (SSSR count). The predicted molar refractivity (Wildman–Crippen MR) is 82.3 cm³/mol. The minimum atomic E-state index is -0.764. The van der Waals surface area contributed by atoms with Gasteiger partial charge in [0.05, 0.1) is 12.5 Å². The van der Waals surface area contributed by atoms with E-state index in [2.05, 4.69) is 0 Å². The zero-order chi connectivity index (χ0) is 15.9. The maximum Gasteiger partial charge on any atom is 0.312 e. The average molecular weight is 298 g/mol. The number of phenols is 1. The minimum absolute atomic E-state index is 0.132. The Morgan fingerprint density at radius 1 is 1.14 bits per heavy atom. The molecule has 1 aliphatic heterocycles. The van der Waals surface area contributed by atoms with Crippen molar-refractivity contribution in [3.05, 3.63) is 53.6 Å². The van der Waals surface area contributed by atoms with Crippen LogP contribution in [-0.2, 0) is 9.53 Å². The summed E-state index contributed by atoms with van der Waals surface area (Å²) in [7, 11) is 1.40. The molecule has 0 radical (unpaired) electrons. The largest absolute Gasteiger partial charge is 0.508 e. The third-order valence-electron chi connectivity index (χ3n) is 4.19. The van der Waals surface area contributed by atoms with Gasteiger partial charge in [-0.05, 0) is 26.0 Å². The van der Waals surface area contributed by atoms with E-state index in [9.17, 15) is 9.90 Å². The number of methoxy groups -OCH3 is 1. The van der Waals surface area contributed by atoms with Crippen molar-refractivity contribution >= 4 is 5.97 Å². The number of carbonyl (C=O) groups excluding carboxylic acids is 1. The lowest BCUT2D eigenvalue weighted by molar-refractivity contribution is -0.151. The van der Waals surface area contributed by atoms with E-state index in [1.807, 2.05) is 38.1 Å². The Kier molecular flexibility index (Phi) is 3.32. The van der Waals surface area contributed by atoms with Gasteiger partial charge in [-0.15, -0.1) is 0 Å². The van der Waals surface area contributed by atoms with E-state index in [1.165, 1.54) is 7.11 Å². The van der Waals surface area contributed by atoms with E-state index < -0.39 is 5.41 Å². The zero-order valence-corrected chi connectivity index (χ0v) is 12.8. The third-order valence-corrected chi connectivity index (χ3v) is 4.19. The van der Waals surface area contributed by atoms with Crippen LogP contribution in [0.5, 0.6) is 17.2 Å². The first-order valence-electron chi connectivity index (χ1n) is 7.13. The van der Waals surface area contributed by atoms with Gasteiger partial charge in [0, 0.05) is 23.1 Å². The van der Waals surface area contributed by atoms with Crippen LogP contribution in [0.1, 0.15) is 30.9 Å². The Hall–Kier alpha value is -2.49. The molecule has 1 atom stereocenters. The van der Waals surface area contributed by atoms with Gasteiger partial charge in [-0.3, -0.25) is 4.79 Å². The summed E-state index contributed by atoms with van der Waals surface area (Å²) in [6.07, 6.45) is 0. The van der Waals surface area contributed by atoms with Crippen LogP contribution in [0.2, 0.25) is 0 Å². The minimum Gasteiger partial charge on any atom is -0.508 e. The summed E-state index contributed by atoms with van der Waals surface area (Å²) in [6.45, 7) is 3.73. The van der Waals surface area contributed by atoms with Crippen LogP contribution in [-0.4, -0.2) is 18.2 Å². The van der Waals surface area contributed by atoms with Crippen LogP contribution in [0.15, 0.2) is 42.5 Å². The molecular weight excluding hydrogens is 280 g/mol. The molecule has 0 aromatic heterocycles. The highest BCUT2D eigenvalue weighted by atomic mass is 16.5. The number of rotatable bonds is 2. The monoisotopic (exact) mass is 298 g/mol. The number of esters is 1. The normalized spacial score (nSPS) is 16.2. The number of fused-ring (bicyclic) bond motifs is 2. The van der Waals surface area contributed by atoms with Gasteiger partial charge in [0.15, 0.2) is 0 Å². The maximum atomic E-state index is 12.3. The number of ether oxygens (including phenoxy) is 2. The van der Waals surface area contributed by atoms with E-state index >= 15 is 0 Å². The molecule has 0 saturated carbocycles. The van der Waals surface area contributed by atoms with Crippen LogP contribution >= 0.6 is 0 Å². The van der Waals surface area contributed by atoms with Gasteiger partial charge in [0.25, 0.3) is 0 Å². The predicted octanol–water partition coefficient (Wildman–Crippen LogP) is 3.83. The summed E-state index contributed by atoms with van der Waals surface area (Å²) in [5, 5.41) is 9.71. The topological polar surface area (TPSA) is 55.8 Å². The second kappa shape index (κ2) is 5.05. The quantitative estimate of drug-likeness (QED) is 0.856. The summed E-state index contributed by atoms with van der Waals surface area (Å²) in [6, 6.07) is 12.6. The molecule has 0 amide bonds. The van der Waals surface area contributed by atoms with Crippen molar-refractivity contribution < 1.29 is 19.4 Å². The highest BCUT2D eigenvalue weighted by molar-refractivity contribution is 5.79. The molecule has 2 aromatic rings. The summed E-state index contributed by atoms with van der Waals surface area (Å²) in [4.78, 5) is 12.3. The van der Waals surface area contributed by atoms with Gasteiger partial charge < -0.3 is 14.6 Å². The first kappa shape index (κ1) is 14.4. The smallest absolute Gasteiger partial charge is 0.312 e. The highest BCUT2D eigenvalue weighted by Crippen LogP contribution is 2.52. The molecule has 0 bridgehead atoms. The third kappa shape index (κ3) is 2.11. The molecule has 4 heteroatoms. The number of para-hydroxylation sites is 1. The fraction of sp³-hybridized carbons (Fsp3) is 0.278. The molecule has 4 nitrogen and oxygen atoms in total. The van der Waals surface area contributed by atoms with Gasteiger partial charge in [0.2, 0.25) is 0 Å². The molecule has 114 valence electrons. The van der Waals surface area contributed by atoms with E-state index in [4.69, 9.17) is 9.47 Å². The van der Waals surface area contributed by atoms with E-state index in [1.54, 1.807) is 18.2 Å². The SMILES string of the molecule is COC(=O)C(C)(C)C1c2ccccc2Oc2cc(O)ccc21. The standard InChI is InChI=1S/C18H18O4/c1-18(2,17(20)21-3)16-12-6-4-5-7-14(12)22-15-10-11(19)8-9-13(15)16/h4-10,16,19H,1-3H3. The number of phenolic OH excluding ortho intramolecular Hbond substituents is 1. The summed E-state index contributed by atoms with van der Waals surface area (Å²) >= 11 is 0. The number of aromatic hydroxyl groups is 1. The lowest BCUT2D eigenvalue weighted by Crippen LogP contribution is -2.34. The Balaban J connectivity index is 2.23. The van der Waals surface area contributed by atoms with Gasteiger partial charge in [0.1, 0.15) is 17.2 Å². The Morgan fingerprint density at radius 2 is 1.82 bits per heavy atom. The van der Waals surface area contributed by atoms with Gasteiger partial charge in [-0.2, -0.15) is 0 Å². The van der Waals surface area contributed by atoms with Crippen LogP contribution in [0.4, 0.5) is 0 Å². The lowest BCUT2D eigenvalue weighted by Gasteiger charge is -2.37. The Morgan fingerprint density at radius 3 is 2.55 bits per heavy atom. The fourth-order valence-corrected chi connectivity index (χ4v) is 3.11. The summed E-state index contributed by atoms with van der Waals surface area (Å²) in [5.74, 6) is 0.907. The number of benzene rings is 2. The van der Waals surface area contributed by atoms with Crippen LogP contribution < -0.4 is 4.74 Å². The molecule has 0 saturated heterocycles. The summed E-state index contributed by atoms with van der Waals surface area (Å²) < 4.78 is 10.9. The van der Waals surface area contributed by atoms with Crippen molar-refractivity contribution in [2.24, 2.45) is 5.41 Å².